The molecule has 1 aromatic heterocycles. The quantitative estimate of drug-likeness (QED) is 0.812. The number of hydrogen-bond donors (Lipinski definition) is 0. The molecule has 3 rings (SSSR count). The number of alkyl halides is 2. The van der Waals surface area contributed by atoms with Gasteiger partial charge in [-0.15, -0.1) is 0 Å². The molecule has 0 spiro atoms. The highest BCUT2D eigenvalue weighted by atomic mass is 35.5. The molecule has 0 bridgehead atoms. The molecule has 1 aliphatic heterocycles. The van der Waals surface area contributed by atoms with Crippen LogP contribution in [0.3, 0.4) is 0 Å². The number of fused-ring (bicyclic) bond motifs is 1. The van der Waals surface area contributed by atoms with E-state index in [0.29, 0.717) is 16.6 Å². The van der Waals surface area contributed by atoms with Crippen molar-refractivity contribution >= 4 is 28.5 Å². The summed E-state index contributed by atoms with van der Waals surface area (Å²) >= 11 is 5.78. The molecule has 1 aliphatic rings. The standard InChI is InChI=1S/C14H12ClF2N3O/c15-12-8-18-10-2-1-9(7-11(10)19-12)13(21)20-5-3-14(16,17)4-6-20/h1-2,7-8H,3-6H2. The third kappa shape index (κ3) is 2.95. The smallest absolute Gasteiger partial charge is 0.253 e. The minimum Gasteiger partial charge on any atom is -0.338 e. The van der Waals surface area contributed by atoms with Gasteiger partial charge in [0, 0.05) is 31.5 Å². The second kappa shape index (κ2) is 5.18. The van der Waals surface area contributed by atoms with Crippen molar-refractivity contribution in [2.45, 2.75) is 18.8 Å². The van der Waals surface area contributed by atoms with Crippen molar-refractivity contribution in [2.75, 3.05) is 13.1 Å². The minimum atomic E-state index is -2.67. The van der Waals surface area contributed by atoms with E-state index in [2.05, 4.69) is 9.97 Å². The van der Waals surface area contributed by atoms with E-state index in [-0.39, 0.29) is 37.0 Å². The molecular weight excluding hydrogens is 300 g/mol. The number of likely N-dealkylation sites (tertiary alicyclic amines) is 1. The first-order valence-electron chi connectivity index (χ1n) is 6.54. The summed E-state index contributed by atoms with van der Waals surface area (Å²) in [5.41, 5.74) is 1.54. The van der Waals surface area contributed by atoms with Gasteiger partial charge in [0.05, 0.1) is 17.2 Å². The van der Waals surface area contributed by atoms with Gasteiger partial charge < -0.3 is 4.90 Å². The van der Waals surface area contributed by atoms with Crippen molar-refractivity contribution in [3.05, 3.63) is 35.1 Å². The molecule has 4 nitrogen and oxygen atoms in total. The van der Waals surface area contributed by atoms with Gasteiger partial charge in [0.1, 0.15) is 5.15 Å². The largest absolute Gasteiger partial charge is 0.338 e. The summed E-state index contributed by atoms with van der Waals surface area (Å²) in [4.78, 5) is 22.0. The predicted molar refractivity (Wildman–Crippen MR) is 74.6 cm³/mol. The van der Waals surface area contributed by atoms with Crippen molar-refractivity contribution in [1.82, 2.24) is 14.9 Å². The molecule has 0 unspecified atom stereocenters. The molecule has 21 heavy (non-hydrogen) atoms. The van der Waals surface area contributed by atoms with E-state index in [9.17, 15) is 13.6 Å². The van der Waals surface area contributed by atoms with Crippen LogP contribution in [0.25, 0.3) is 11.0 Å². The van der Waals surface area contributed by atoms with Gasteiger partial charge in [-0.3, -0.25) is 9.78 Å². The molecule has 1 saturated heterocycles. The third-order valence-electron chi connectivity index (χ3n) is 3.54. The van der Waals surface area contributed by atoms with Crippen molar-refractivity contribution in [1.29, 1.82) is 0 Å². The maximum atomic E-state index is 13.1. The van der Waals surface area contributed by atoms with Gasteiger partial charge in [0.25, 0.3) is 11.8 Å². The van der Waals surface area contributed by atoms with Crippen LogP contribution in [-0.4, -0.2) is 39.8 Å². The van der Waals surface area contributed by atoms with Gasteiger partial charge in [-0.25, -0.2) is 13.8 Å². The summed E-state index contributed by atoms with van der Waals surface area (Å²) < 4.78 is 26.3. The van der Waals surface area contributed by atoms with Crippen molar-refractivity contribution < 1.29 is 13.6 Å². The topological polar surface area (TPSA) is 46.1 Å². The first-order chi connectivity index (χ1) is 9.94. The van der Waals surface area contributed by atoms with E-state index >= 15 is 0 Å². The summed E-state index contributed by atoms with van der Waals surface area (Å²) in [6.07, 6.45) is 0.841. The van der Waals surface area contributed by atoms with Crippen LogP contribution in [0.2, 0.25) is 5.15 Å². The van der Waals surface area contributed by atoms with E-state index in [4.69, 9.17) is 11.6 Å². The van der Waals surface area contributed by atoms with E-state index in [1.54, 1.807) is 18.2 Å². The number of hydrogen-bond acceptors (Lipinski definition) is 3. The Bertz CT molecular complexity index is 698. The molecule has 1 aromatic carbocycles. The van der Waals surface area contributed by atoms with Crippen LogP contribution < -0.4 is 0 Å². The van der Waals surface area contributed by atoms with Gasteiger partial charge in [0.2, 0.25) is 0 Å². The Hall–Kier alpha value is -1.82. The van der Waals surface area contributed by atoms with Gasteiger partial charge >= 0.3 is 0 Å². The van der Waals surface area contributed by atoms with Crippen LogP contribution in [0.4, 0.5) is 8.78 Å². The fourth-order valence-corrected chi connectivity index (χ4v) is 2.48. The summed E-state index contributed by atoms with van der Waals surface area (Å²) in [7, 11) is 0. The highest BCUT2D eigenvalue weighted by Gasteiger charge is 2.35. The van der Waals surface area contributed by atoms with Crippen LogP contribution in [0, 0.1) is 0 Å². The number of carbonyl (C=O) groups excluding carboxylic acids is 1. The summed E-state index contributed by atoms with van der Waals surface area (Å²) in [5.74, 6) is -2.94. The third-order valence-corrected chi connectivity index (χ3v) is 3.72. The van der Waals surface area contributed by atoms with Crippen molar-refractivity contribution in [3.8, 4) is 0 Å². The number of amides is 1. The number of rotatable bonds is 1. The maximum absolute atomic E-state index is 13.1. The zero-order valence-electron chi connectivity index (χ0n) is 11.0. The number of piperidine rings is 1. The van der Waals surface area contributed by atoms with Crippen LogP contribution >= 0.6 is 11.6 Å². The number of aromatic nitrogens is 2. The van der Waals surface area contributed by atoms with Gasteiger partial charge in [0.15, 0.2) is 0 Å². The van der Waals surface area contributed by atoms with E-state index in [0.717, 1.165) is 0 Å². The van der Waals surface area contributed by atoms with Gasteiger partial charge in [-0.2, -0.15) is 0 Å². The van der Waals surface area contributed by atoms with Crippen LogP contribution in [0.1, 0.15) is 23.2 Å². The Morgan fingerprint density at radius 1 is 1.24 bits per heavy atom. The molecule has 0 aliphatic carbocycles. The van der Waals surface area contributed by atoms with E-state index in [1.165, 1.54) is 11.1 Å². The van der Waals surface area contributed by atoms with Gasteiger partial charge in [-0.1, -0.05) is 11.6 Å². The summed E-state index contributed by atoms with van der Waals surface area (Å²) in [5, 5.41) is 0.240. The zero-order valence-corrected chi connectivity index (χ0v) is 11.8. The molecule has 0 N–H and O–H groups in total. The summed E-state index contributed by atoms with van der Waals surface area (Å²) in [6.45, 7) is 0.121. The van der Waals surface area contributed by atoms with E-state index < -0.39 is 5.92 Å². The lowest BCUT2D eigenvalue weighted by atomic mass is 10.1. The fraction of sp³-hybridized carbons (Fsp3) is 0.357. The molecule has 1 fully saturated rings. The Labute approximate surface area is 124 Å². The lowest BCUT2D eigenvalue weighted by Gasteiger charge is -2.31. The average Bonchev–Trinajstić information content (AvgIpc) is 2.45. The number of halogens is 3. The summed E-state index contributed by atoms with van der Waals surface area (Å²) in [6, 6.07) is 4.88. The fourth-order valence-electron chi connectivity index (χ4n) is 2.34. The molecule has 0 radical (unpaired) electrons. The minimum absolute atomic E-state index is 0.0606. The average molecular weight is 312 g/mol. The number of nitrogens with zero attached hydrogens (tertiary/aromatic N) is 3. The van der Waals surface area contributed by atoms with Crippen LogP contribution in [0.5, 0.6) is 0 Å². The molecule has 2 aromatic rings. The Morgan fingerprint density at radius 3 is 2.67 bits per heavy atom. The van der Waals surface area contributed by atoms with Crippen LogP contribution in [-0.2, 0) is 0 Å². The number of benzene rings is 1. The SMILES string of the molecule is O=C(c1ccc2ncc(Cl)nc2c1)N1CCC(F)(F)CC1. The molecular formula is C14H12ClF2N3O. The molecule has 0 atom stereocenters. The lowest BCUT2D eigenvalue weighted by Crippen LogP contribution is -2.42. The second-order valence-corrected chi connectivity index (χ2v) is 5.43. The monoisotopic (exact) mass is 311 g/mol. The first-order valence-corrected chi connectivity index (χ1v) is 6.92. The van der Waals surface area contributed by atoms with Crippen molar-refractivity contribution in [3.63, 3.8) is 0 Å². The zero-order chi connectivity index (χ0) is 15.0. The highest BCUT2D eigenvalue weighted by molar-refractivity contribution is 6.29. The number of carbonyl (C=O) groups is 1. The van der Waals surface area contributed by atoms with E-state index in [1.807, 2.05) is 0 Å². The molecule has 110 valence electrons. The van der Waals surface area contributed by atoms with Crippen molar-refractivity contribution in [2.24, 2.45) is 0 Å². The predicted octanol–water partition coefficient (Wildman–Crippen LogP) is 3.15. The molecule has 2 heterocycles. The molecule has 1 amide bonds. The normalized spacial score (nSPS) is 18.0. The Balaban J connectivity index is 1.85. The second-order valence-electron chi connectivity index (χ2n) is 5.04. The Kier molecular flexibility index (Phi) is 3.49. The van der Waals surface area contributed by atoms with Crippen LogP contribution in [0.15, 0.2) is 24.4 Å². The molecule has 0 saturated carbocycles. The Morgan fingerprint density at radius 2 is 1.95 bits per heavy atom. The molecule has 7 heteroatoms. The van der Waals surface area contributed by atoms with Gasteiger partial charge in [-0.05, 0) is 18.2 Å². The first kappa shape index (κ1) is 14.1. The highest BCUT2D eigenvalue weighted by Crippen LogP contribution is 2.28. The maximum Gasteiger partial charge on any atom is 0.253 e. The lowest BCUT2D eigenvalue weighted by molar-refractivity contribution is -0.0494.